The Balaban J connectivity index is 1.73. The number of carbonyl (C=O) groups is 2. The van der Waals surface area contributed by atoms with Crippen molar-refractivity contribution in [3.63, 3.8) is 0 Å². The molecule has 126 valence electrons. The Bertz CT molecular complexity index is 755. The normalized spacial score (nSPS) is 32.1. The molecule has 4 rings (SSSR count). The molecule has 0 radical (unpaired) electrons. The molecule has 0 saturated heterocycles. The molecule has 0 aromatic heterocycles. The van der Waals surface area contributed by atoms with Crippen molar-refractivity contribution in [3.8, 4) is 0 Å². The van der Waals surface area contributed by atoms with Crippen LogP contribution in [0.5, 0.6) is 0 Å². The number of hydrogen-bond acceptors (Lipinski definition) is 3. The molecular formula is C19H23N3O2. The van der Waals surface area contributed by atoms with Crippen molar-refractivity contribution >= 4 is 23.2 Å². The van der Waals surface area contributed by atoms with Gasteiger partial charge in [-0.05, 0) is 48.4 Å². The summed E-state index contributed by atoms with van der Waals surface area (Å²) in [7, 11) is 1.86. The molecule has 24 heavy (non-hydrogen) atoms. The maximum atomic E-state index is 12.5. The maximum Gasteiger partial charge on any atom is 0.243 e. The Morgan fingerprint density at radius 1 is 1.17 bits per heavy atom. The summed E-state index contributed by atoms with van der Waals surface area (Å²) >= 11 is 0. The number of benzene rings is 1. The first kappa shape index (κ1) is 15.4. The molecule has 1 aromatic carbocycles. The van der Waals surface area contributed by atoms with E-state index in [1.807, 2.05) is 26.1 Å². The van der Waals surface area contributed by atoms with Crippen LogP contribution in [0.25, 0.3) is 0 Å². The van der Waals surface area contributed by atoms with E-state index in [1.165, 1.54) is 5.56 Å². The molecule has 4 atom stereocenters. The first-order chi connectivity index (χ1) is 11.5. The minimum Gasteiger partial charge on any atom is -0.315 e. The van der Waals surface area contributed by atoms with Gasteiger partial charge in [0.05, 0.1) is 5.71 Å². The van der Waals surface area contributed by atoms with E-state index in [9.17, 15) is 9.59 Å². The topological polar surface area (TPSA) is 61.8 Å². The number of hydrogen-bond donors (Lipinski definition) is 1. The second-order valence-corrected chi connectivity index (χ2v) is 7.47. The van der Waals surface area contributed by atoms with E-state index < -0.39 is 0 Å². The van der Waals surface area contributed by atoms with Crippen LogP contribution in [0.15, 0.2) is 23.3 Å². The summed E-state index contributed by atoms with van der Waals surface area (Å²) in [4.78, 5) is 26.1. The molecule has 0 spiro atoms. The SMILES string of the molecule is CC1Cc2cc(C3=NNC(=O)C4CCC34)ccc2N(C)C(=O)C1C. The van der Waals surface area contributed by atoms with Crippen molar-refractivity contribution in [3.05, 3.63) is 29.3 Å². The van der Waals surface area contributed by atoms with Crippen molar-refractivity contribution in [2.45, 2.75) is 33.1 Å². The molecule has 3 aliphatic rings. The molecule has 1 N–H and O–H groups in total. The molecule has 1 saturated carbocycles. The van der Waals surface area contributed by atoms with Crippen LogP contribution in [-0.4, -0.2) is 24.6 Å². The van der Waals surface area contributed by atoms with Gasteiger partial charge in [0, 0.05) is 30.5 Å². The lowest BCUT2D eigenvalue weighted by Gasteiger charge is -2.39. The van der Waals surface area contributed by atoms with Gasteiger partial charge in [-0.25, -0.2) is 5.43 Å². The Morgan fingerprint density at radius 2 is 1.92 bits per heavy atom. The van der Waals surface area contributed by atoms with E-state index in [2.05, 4.69) is 23.5 Å². The quantitative estimate of drug-likeness (QED) is 0.861. The molecule has 2 heterocycles. The number of hydrazone groups is 1. The number of amides is 2. The molecule has 5 heteroatoms. The molecule has 1 aromatic rings. The Labute approximate surface area is 142 Å². The van der Waals surface area contributed by atoms with Gasteiger partial charge in [0.15, 0.2) is 0 Å². The third-order valence-electron chi connectivity index (χ3n) is 6.10. The second-order valence-electron chi connectivity index (χ2n) is 7.47. The molecule has 5 nitrogen and oxygen atoms in total. The number of nitrogens with zero attached hydrogens (tertiary/aromatic N) is 2. The lowest BCUT2D eigenvalue weighted by molar-refractivity contribution is -0.129. The van der Waals surface area contributed by atoms with E-state index >= 15 is 0 Å². The van der Waals surface area contributed by atoms with Crippen molar-refractivity contribution in [1.29, 1.82) is 0 Å². The van der Waals surface area contributed by atoms with Gasteiger partial charge in [-0.15, -0.1) is 0 Å². The summed E-state index contributed by atoms with van der Waals surface area (Å²) in [6.45, 7) is 4.15. The average molecular weight is 325 g/mol. The Kier molecular flexibility index (Phi) is 3.48. The lowest BCUT2D eigenvalue weighted by atomic mass is 9.68. The third-order valence-corrected chi connectivity index (χ3v) is 6.10. The van der Waals surface area contributed by atoms with Gasteiger partial charge >= 0.3 is 0 Å². The van der Waals surface area contributed by atoms with Crippen LogP contribution in [0, 0.1) is 23.7 Å². The highest BCUT2D eigenvalue weighted by molar-refractivity contribution is 6.08. The number of anilines is 1. The predicted molar refractivity (Wildman–Crippen MR) is 92.8 cm³/mol. The van der Waals surface area contributed by atoms with Crippen LogP contribution in [0.3, 0.4) is 0 Å². The van der Waals surface area contributed by atoms with Crippen LogP contribution in [0.2, 0.25) is 0 Å². The molecule has 2 amide bonds. The van der Waals surface area contributed by atoms with Crippen molar-refractivity contribution in [2.24, 2.45) is 28.8 Å². The fourth-order valence-corrected chi connectivity index (χ4v) is 4.13. The summed E-state index contributed by atoms with van der Waals surface area (Å²) in [5.41, 5.74) is 6.92. The number of carbonyl (C=O) groups excluding carboxylic acids is 2. The highest BCUT2D eigenvalue weighted by atomic mass is 16.2. The molecule has 4 unspecified atom stereocenters. The van der Waals surface area contributed by atoms with E-state index in [-0.39, 0.29) is 29.6 Å². The monoisotopic (exact) mass is 325 g/mol. The molecular weight excluding hydrogens is 302 g/mol. The van der Waals surface area contributed by atoms with Crippen LogP contribution in [0.4, 0.5) is 5.69 Å². The number of rotatable bonds is 1. The van der Waals surface area contributed by atoms with Crippen molar-refractivity contribution in [2.75, 3.05) is 11.9 Å². The van der Waals surface area contributed by atoms with Crippen molar-refractivity contribution < 1.29 is 9.59 Å². The zero-order chi connectivity index (χ0) is 17.0. The molecule has 1 fully saturated rings. The van der Waals surface area contributed by atoms with Crippen LogP contribution in [-0.2, 0) is 16.0 Å². The van der Waals surface area contributed by atoms with Crippen LogP contribution in [0.1, 0.15) is 37.8 Å². The summed E-state index contributed by atoms with van der Waals surface area (Å²) in [5, 5.41) is 4.34. The van der Waals surface area contributed by atoms with E-state index in [0.29, 0.717) is 5.92 Å². The zero-order valence-corrected chi connectivity index (χ0v) is 14.4. The van der Waals surface area contributed by atoms with Gasteiger partial charge in [-0.2, -0.15) is 5.10 Å². The first-order valence-corrected chi connectivity index (χ1v) is 8.75. The van der Waals surface area contributed by atoms with Gasteiger partial charge in [0.25, 0.3) is 0 Å². The minimum absolute atomic E-state index is 0.0215. The van der Waals surface area contributed by atoms with Gasteiger partial charge in [0.2, 0.25) is 11.8 Å². The van der Waals surface area contributed by atoms with E-state index in [0.717, 1.165) is 36.2 Å². The third kappa shape index (κ3) is 2.18. The Morgan fingerprint density at radius 3 is 2.62 bits per heavy atom. The van der Waals surface area contributed by atoms with Gasteiger partial charge in [-0.1, -0.05) is 19.9 Å². The maximum absolute atomic E-state index is 12.5. The second kappa shape index (κ2) is 5.43. The smallest absolute Gasteiger partial charge is 0.243 e. The van der Waals surface area contributed by atoms with Gasteiger partial charge in [-0.3, -0.25) is 9.59 Å². The standard InChI is InChI=1S/C19H23N3O2/c1-10-8-13-9-12(4-7-16(13)22(3)19(24)11(10)2)17-14-5-6-15(14)18(23)21-20-17/h4,7,9-11,14-15H,5-6,8H2,1-3H3,(H,21,23). The molecule has 1 aliphatic carbocycles. The van der Waals surface area contributed by atoms with Crippen LogP contribution >= 0.6 is 0 Å². The largest absolute Gasteiger partial charge is 0.315 e. The lowest BCUT2D eigenvalue weighted by Crippen LogP contribution is -2.47. The fraction of sp³-hybridized carbons (Fsp3) is 0.526. The summed E-state index contributed by atoms with van der Waals surface area (Å²) in [6, 6.07) is 6.23. The number of fused-ring (bicyclic) bond motifs is 2. The average Bonchev–Trinajstić information content (AvgIpc) is 2.60. The summed E-state index contributed by atoms with van der Waals surface area (Å²) in [5.74, 6) is 0.889. The van der Waals surface area contributed by atoms with Crippen LogP contribution < -0.4 is 10.3 Å². The Hall–Kier alpha value is -2.17. The zero-order valence-electron chi connectivity index (χ0n) is 14.4. The number of nitrogens with one attached hydrogen (secondary N) is 1. The van der Waals surface area contributed by atoms with Crippen molar-refractivity contribution in [1.82, 2.24) is 5.43 Å². The summed E-state index contributed by atoms with van der Waals surface area (Å²) in [6.07, 6.45) is 2.86. The fourth-order valence-electron chi connectivity index (χ4n) is 4.13. The minimum atomic E-state index is 0.0215. The van der Waals surface area contributed by atoms with Gasteiger partial charge < -0.3 is 4.90 Å². The van der Waals surface area contributed by atoms with E-state index in [1.54, 1.807) is 4.90 Å². The molecule has 0 bridgehead atoms. The predicted octanol–water partition coefficient (Wildman–Crippen LogP) is 2.34. The molecule has 2 aliphatic heterocycles. The van der Waals surface area contributed by atoms with E-state index in [4.69, 9.17) is 0 Å². The highest BCUT2D eigenvalue weighted by Crippen LogP contribution is 2.40. The first-order valence-electron chi connectivity index (χ1n) is 8.75. The highest BCUT2D eigenvalue weighted by Gasteiger charge is 2.43. The van der Waals surface area contributed by atoms with Gasteiger partial charge in [0.1, 0.15) is 0 Å². The summed E-state index contributed by atoms with van der Waals surface area (Å²) < 4.78 is 0.